The first-order valence-electron chi connectivity index (χ1n) is 3.91. The minimum atomic E-state index is -0.181. The van der Waals surface area contributed by atoms with E-state index in [0.29, 0.717) is 16.6 Å². The SMILES string of the molecule is CCNC(=O)c1cc(O)cc(Br)c1. The Bertz CT molecular complexity index is 305. The van der Waals surface area contributed by atoms with Crippen molar-refractivity contribution in [1.82, 2.24) is 5.32 Å². The summed E-state index contributed by atoms with van der Waals surface area (Å²) in [6.45, 7) is 2.42. The number of amides is 1. The Balaban J connectivity index is 2.94. The predicted molar refractivity (Wildman–Crippen MR) is 53.8 cm³/mol. The Morgan fingerprint density at radius 3 is 2.77 bits per heavy atom. The van der Waals surface area contributed by atoms with Gasteiger partial charge in [-0.2, -0.15) is 0 Å². The topological polar surface area (TPSA) is 49.3 Å². The summed E-state index contributed by atoms with van der Waals surface area (Å²) >= 11 is 3.19. The Morgan fingerprint density at radius 2 is 2.23 bits per heavy atom. The number of hydrogen-bond donors (Lipinski definition) is 2. The van der Waals surface area contributed by atoms with Gasteiger partial charge >= 0.3 is 0 Å². The van der Waals surface area contributed by atoms with Crippen LogP contribution in [0.15, 0.2) is 22.7 Å². The van der Waals surface area contributed by atoms with Crippen molar-refractivity contribution in [3.63, 3.8) is 0 Å². The smallest absolute Gasteiger partial charge is 0.251 e. The highest BCUT2D eigenvalue weighted by Gasteiger charge is 2.05. The molecule has 0 atom stereocenters. The summed E-state index contributed by atoms with van der Waals surface area (Å²) in [4.78, 5) is 11.3. The van der Waals surface area contributed by atoms with Crippen LogP contribution in [0, 0.1) is 0 Å². The van der Waals surface area contributed by atoms with Gasteiger partial charge in [0.1, 0.15) is 5.75 Å². The molecule has 1 amide bonds. The lowest BCUT2D eigenvalue weighted by Gasteiger charge is -2.03. The molecule has 0 bridgehead atoms. The molecule has 1 rings (SSSR count). The third-order valence-corrected chi connectivity index (χ3v) is 1.94. The Kier molecular flexibility index (Phi) is 3.31. The first kappa shape index (κ1) is 10.1. The largest absolute Gasteiger partial charge is 0.508 e. The molecule has 1 aromatic carbocycles. The second-order valence-corrected chi connectivity index (χ2v) is 3.47. The summed E-state index contributed by atoms with van der Waals surface area (Å²) in [6, 6.07) is 4.61. The predicted octanol–water partition coefficient (Wildman–Crippen LogP) is 1.90. The molecule has 70 valence electrons. The highest BCUT2D eigenvalue weighted by Crippen LogP contribution is 2.19. The first-order chi connectivity index (χ1) is 6.13. The highest BCUT2D eigenvalue weighted by molar-refractivity contribution is 9.10. The molecule has 0 saturated carbocycles. The molecule has 0 heterocycles. The number of benzene rings is 1. The second-order valence-electron chi connectivity index (χ2n) is 2.56. The zero-order valence-electron chi connectivity index (χ0n) is 7.17. The number of halogens is 1. The van der Waals surface area contributed by atoms with E-state index in [4.69, 9.17) is 0 Å². The number of phenolic OH excluding ortho intramolecular Hbond substituents is 1. The van der Waals surface area contributed by atoms with Gasteiger partial charge in [0.15, 0.2) is 0 Å². The lowest BCUT2D eigenvalue weighted by molar-refractivity contribution is 0.0955. The van der Waals surface area contributed by atoms with E-state index in [1.807, 2.05) is 6.92 Å². The average Bonchev–Trinajstić information content (AvgIpc) is 2.03. The number of nitrogens with one attached hydrogen (secondary N) is 1. The third-order valence-electron chi connectivity index (χ3n) is 1.48. The van der Waals surface area contributed by atoms with E-state index in [9.17, 15) is 9.90 Å². The summed E-state index contributed by atoms with van der Waals surface area (Å²) in [5, 5.41) is 11.8. The first-order valence-corrected chi connectivity index (χ1v) is 4.70. The van der Waals surface area contributed by atoms with Gasteiger partial charge in [-0.15, -0.1) is 0 Å². The maximum absolute atomic E-state index is 11.3. The molecule has 1 aromatic rings. The van der Waals surface area contributed by atoms with Gasteiger partial charge in [0.25, 0.3) is 5.91 Å². The van der Waals surface area contributed by atoms with Crippen molar-refractivity contribution in [1.29, 1.82) is 0 Å². The van der Waals surface area contributed by atoms with Crippen molar-refractivity contribution in [2.45, 2.75) is 6.92 Å². The minimum Gasteiger partial charge on any atom is -0.508 e. The van der Waals surface area contributed by atoms with Gasteiger partial charge in [-0.3, -0.25) is 4.79 Å². The molecular weight excluding hydrogens is 234 g/mol. The molecule has 13 heavy (non-hydrogen) atoms. The average molecular weight is 244 g/mol. The standard InChI is InChI=1S/C9H10BrNO2/c1-2-11-9(13)6-3-7(10)5-8(12)4-6/h3-5,12H,2H2,1H3,(H,11,13). The van der Waals surface area contributed by atoms with Gasteiger partial charge in [-0.1, -0.05) is 15.9 Å². The molecule has 0 fully saturated rings. The fraction of sp³-hybridized carbons (Fsp3) is 0.222. The number of aromatic hydroxyl groups is 1. The third kappa shape index (κ3) is 2.73. The highest BCUT2D eigenvalue weighted by atomic mass is 79.9. The van der Waals surface area contributed by atoms with E-state index >= 15 is 0 Å². The molecule has 0 saturated heterocycles. The van der Waals surface area contributed by atoms with Crippen LogP contribution in [-0.2, 0) is 0 Å². The molecular formula is C9H10BrNO2. The zero-order valence-corrected chi connectivity index (χ0v) is 8.76. The van der Waals surface area contributed by atoms with Crippen LogP contribution in [-0.4, -0.2) is 17.6 Å². The summed E-state index contributed by atoms with van der Waals surface area (Å²) in [5.41, 5.74) is 0.453. The van der Waals surface area contributed by atoms with Crippen molar-refractivity contribution in [3.8, 4) is 5.75 Å². The van der Waals surface area contributed by atoms with Crippen LogP contribution in [0.4, 0.5) is 0 Å². The fourth-order valence-corrected chi connectivity index (χ4v) is 1.45. The van der Waals surface area contributed by atoms with E-state index in [1.54, 1.807) is 6.07 Å². The van der Waals surface area contributed by atoms with Crippen LogP contribution in [0.5, 0.6) is 5.75 Å². The molecule has 0 spiro atoms. The zero-order chi connectivity index (χ0) is 9.84. The van der Waals surface area contributed by atoms with E-state index in [0.717, 1.165) is 0 Å². The lowest BCUT2D eigenvalue weighted by Crippen LogP contribution is -2.22. The van der Waals surface area contributed by atoms with Crippen LogP contribution in [0.25, 0.3) is 0 Å². The van der Waals surface area contributed by atoms with Gasteiger partial charge in [0.2, 0.25) is 0 Å². The van der Waals surface area contributed by atoms with Gasteiger partial charge < -0.3 is 10.4 Å². The quantitative estimate of drug-likeness (QED) is 0.834. The molecule has 0 aliphatic rings. The van der Waals surface area contributed by atoms with Crippen molar-refractivity contribution >= 4 is 21.8 Å². The number of rotatable bonds is 2. The molecule has 4 heteroatoms. The molecule has 0 aliphatic heterocycles. The normalized spacial score (nSPS) is 9.69. The van der Waals surface area contributed by atoms with Gasteiger partial charge in [0.05, 0.1) is 0 Å². The monoisotopic (exact) mass is 243 g/mol. The number of phenols is 1. The molecule has 0 radical (unpaired) electrons. The van der Waals surface area contributed by atoms with E-state index in [-0.39, 0.29) is 11.7 Å². The molecule has 2 N–H and O–H groups in total. The second kappa shape index (κ2) is 4.28. The van der Waals surface area contributed by atoms with Crippen LogP contribution in [0.2, 0.25) is 0 Å². The summed E-state index contributed by atoms with van der Waals surface area (Å²) in [5.74, 6) is -0.102. The van der Waals surface area contributed by atoms with Gasteiger partial charge in [-0.25, -0.2) is 0 Å². The number of hydrogen-bond acceptors (Lipinski definition) is 2. The minimum absolute atomic E-state index is 0.0793. The van der Waals surface area contributed by atoms with Crippen molar-refractivity contribution < 1.29 is 9.90 Å². The van der Waals surface area contributed by atoms with Crippen molar-refractivity contribution in [2.75, 3.05) is 6.54 Å². The fourth-order valence-electron chi connectivity index (χ4n) is 0.968. The molecule has 0 unspecified atom stereocenters. The summed E-state index contributed by atoms with van der Waals surface area (Å²) in [6.07, 6.45) is 0. The Morgan fingerprint density at radius 1 is 1.54 bits per heavy atom. The number of carbonyl (C=O) groups excluding carboxylic acids is 1. The van der Waals surface area contributed by atoms with Crippen LogP contribution < -0.4 is 5.32 Å². The van der Waals surface area contributed by atoms with E-state index in [1.165, 1.54) is 12.1 Å². The van der Waals surface area contributed by atoms with Crippen molar-refractivity contribution in [3.05, 3.63) is 28.2 Å². The summed E-state index contributed by atoms with van der Waals surface area (Å²) < 4.78 is 0.689. The maximum Gasteiger partial charge on any atom is 0.251 e. The van der Waals surface area contributed by atoms with Crippen LogP contribution >= 0.6 is 15.9 Å². The molecule has 0 aliphatic carbocycles. The van der Waals surface area contributed by atoms with Gasteiger partial charge in [-0.05, 0) is 25.1 Å². The summed E-state index contributed by atoms with van der Waals surface area (Å²) in [7, 11) is 0. The van der Waals surface area contributed by atoms with Gasteiger partial charge in [0, 0.05) is 16.6 Å². The lowest BCUT2D eigenvalue weighted by atomic mass is 10.2. The Labute approximate surface area is 84.9 Å². The van der Waals surface area contributed by atoms with Crippen molar-refractivity contribution in [2.24, 2.45) is 0 Å². The maximum atomic E-state index is 11.3. The number of carbonyl (C=O) groups is 1. The van der Waals surface area contributed by atoms with E-state index < -0.39 is 0 Å². The van der Waals surface area contributed by atoms with Crippen LogP contribution in [0.1, 0.15) is 17.3 Å². The van der Waals surface area contributed by atoms with E-state index in [2.05, 4.69) is 21.2 Å². The molecule has 3 nitrogen and oxygen atoms in total. The Hall–Kier alpha value is -1.03. The van der Waals surface area contributed by atoms with Crippen LogP contribution in [0.3, 0.4) is 0 Å². The molecule has 0 aromatic heterocycles.